The van der Waals surface area contributed by atoms with Crippen LogP contribution >= 0.6 is 0 Å². The predicted molar refractivity (Wildman–Crippen MR) is 199 cm³/mol. The molecule has 0 spiro atoms. The molecular formula is C41H50N2O13. The van der Waals surface area contributed by atoms with Gasteiger partial charge in [-0.05, 0) is 81.4 Å². The van der Waals surface area contributed by atoms with Gasteiger partial charge in [-0.2, -0.15) is 0 Å². The highest BCUT2D eigenvalue weighted by Crippen LogP contribution is 2.54. The number of phenols is 1. The molecule has 56 heavy (non-hydrogen) atoms. The summed E-state index contributed by atoms with van der Waals surface area (Å²) in [5.74, 6) is -2.23. The molecule has 1 aromatic heterocycles. The number of carbonyl (C=O) groups excluding carboxylic acids is 2. The van der Waals surface area contributed by atoms with E-state index in [2.05, 4.69) is 0 Å². The first kappa shape index (κ1) is 38.9. The number of epoxide rings is 2. The van der Waals surface area contributed by atoms with Crippen molar-refractivity contribution in [2.45, 2.75) is 127 Å². The average molecular weight is 779 g/mol. The lowest BCUT2D eigenvalue weighted by Crippen LogP contribution is -2.62. The van der Waals surface area contributed by atoms with Crippen molar-refractivity contribution in [3.05, 3.63) is 62.0 Å². The SMILES string of the molecule is Cc1cc2c(c3oc(C4(C)OC4C4OC4C)cc(=O)c13)C(=O)c1c(O)c(O[C@H]3C[C@](C)(N(C)C)[C@H](O)[C@@H](C)O3)cc(O[C@@H]3C[C@@H](N(C)C)[C@H](O)[C@@H](C)O3)c1C2=O. The number of hydrogen-bond acceptors (Lipinski definition) is 15. The summed E-state index contributed by atoms with van der Waals surface area (Å²) in [5, 5.41) is 34.0. The van der Waals surface area contributed by atoms with E-state index in [4.69, 9.17) is 32.8 Å². The van der Waals surface area contributed by atoms with Gasteiger partial charge in [0.25, 0.3) is 0 Å². The maximum absolute atomic E-state index is 14.9. The van der Waals surface area contributed by atoms with E-state index >= 15 is 0 Å². The standard InChI is InChI=1S/C41H50N2O13/c1-16-11-20-29(37-28(16)22(44)13-25(55-37)41(6)39(56-41)36-18(3)52-36)35(48)31-30(33(20)46)23(53-26-12-21(42(7)8)32(45)17(2)50-26)14-24(34(31)47)54-27-15-40(5,43(9)10)38(49)19(4)51-27/h11,13-14,17-19,21,26-27,32,36,38-39,45,47,49H,12,15H2,1-10H3/t17-,18?,19-,21-,26-,27+,32-,36?,38-,39?,40+,41?/m1/s1. The van der Waals surface area contributed by atoms with Crippen LogP contribution in [0.5, 0.6) is 17.2 Å². The molecule has 0 saturated carbocycles. The third-order valence-electron chi connectivity index (χ3n) is 12.7. The quantitative estimate of drug-likeness (QED) is 0.221. The molecule has 15 nitrogen and oxygen atoms in total. The molecule has 12 atom stereocenters. The molecule has 4 fully saturated rings. The molecule has 0 amide bonds. The van der Waals surface area contributed by atoms with Crippen molar-refractivity contribution in [3.8, 4) is 17.2 Å². The van der Waals surface area contributed by atoms with Crippen molar-refractivity contribution in [1.29, 1.82) is 0 Å². The topological polar surface area (TPSA) is 193 Å². The van der Waals surface area contributed by atoms with Gasteiger partial charge in [-0.15, -0.1) is 0 Å². The summed E-state index contributed by atoms with van der Waals surface area (Å²) in [5.41, 5.74) is -2.77. The molecule has 8 rings (SSSR count). The molecule has 302 valence electrons. The highest BCUT2D eigenvalue weighted by Gasteiger charge is 2.66. The summed E-state index contributed by atoms with van der Waals surface area (Å²) in [4.78, 5) is 47.2. The van der Waals surface area contributed by atoms with Crippen LogP contribution in [0, 0.1) is 6.92 Å². The molecule has 3 N–H and O–H groups in total. The largest absolute Gasteiger partial charge is 0.504 e. The van der Waals surface area contributed by atoms with Gasteiger partial charge in [0.2, 0.25) is 18.4 Å². The van der Waals surface area contributed by atoms with Crippen LogP contribution < -0.4 is 14.9 Å². The number of fused-ring (bicyclic) bond motifs is 4. The Balaban J connectivity index is 1.27. The van der Waals surface area contributed by atoms with Crippen LogP contribution in [0.1, 0.15) is 90.6 Å². The van der Waals surface area contributed by atoms with E-state index < -0.39 is 76.4 Å². The summed E-state index contributed by atoms with van der Waals surface area (Å²) in [6, 6.07) is 3.79. The number of hydrogen-bond donors (Lipinski definition) is 3. The van der Waals surface area contributed by atoms with E-state index in [1.54, 1.807) is 27.7 Å². The number of rotatable bonds is 8. The molecule has 4 unspecified atom stereocenters. The number of aromatic hydroxyl groups is 1. The second kappa shape index (κ2) is 13.3. The Kier molecular flexibility index (Phi) is 9.25. The number of phenolic OH excluding ortho intramolecular Hbond substituents is 1. The third-order valence-corrected chi connectivity index (χ3v) is 12.7. The predicted octanol–water partition coefficient (Wildman–Crippen LogP) is 2.98. The highest BCUT2D eigenvalue weighted by molar-refractivity contribution is 6.33. The second-order valence-electron chi connectivity index (χ2n) is 16.8. The van der Waals surface area contributed by atoms with E-state index in [0.717, 1.165) is 0 Å². The fourth-order valence-corrected chi connectivity index (χ4v) is 8.76. The molecule has 4 aliphatic heterocycles. The maximum Gasteiger partial charge on any atom is 0.202 e. The fourth-order valence-electron chi connectivity index (χ4n) is 8.76. The summed E-state index contributed by atoms with van der Waals surface area (Å²) in [7, 11) is 7.31. The van der Waals surface area contributed by atoms with E-state index in [-0.39, 0.29) is 82.1 Å². The Hall–Kier alpha value is -3.93. The van der Waals surface area contributed by atoms with Gasteiger partial charge >= 0.3 is 0 Å². The van der Waals surface area contributed by atoms with Crippen molar-refractivity contribution in [2.75, 3.05) is 28.2 Å². The number of likely N-dealkylation sites (N-methyl/N-ethyl adjacent to an activating group) is 2. The number of benzene rings is 2. The zero-order valence-electron chi connectivity index (χ0n) is 33.2. The van der Waals surface area contributed by atoms with Crippen LogP contribution in [0.4, 0.5) is 0 Å². The molecule has 4 saturated heterocycles. The lowest BCUT2D eigenvalue weighted by Gasteiger charge is -2.48. The zero-order chi connectivity index (χ0) is 40.5. The summed E-state index contributed by atoms with van der Waals surface area (Å²) in [6.45, 7) is 10.6. The van der Waals surface area contributed by atoms with Crippen molar-refractivity contribution in [1.82, 2.24) is 9.80 Å². The van der Waals surface area contributed by atoms with Crippen LogP contribution in [-0.4, -0.2) is 132 Å². The van der Waals surface area contributed by atoms with E-state index in [0.29, 0.717) is 5.56 Å². The molecule has 1 aliphatic carbocycles. The van der Waals surface area contributed by atoms with Gasteiger partial charge in [-0.25, -0.2) is 0 Å². The molecule has 2 aromatic carbocycles. The van der Waals surface area contributed by atoms with Crippen molar-refractivity contribution in [2.24, 2.45) is 0 Å². The Morgan fingerprint density at radius 1 is 0.821 bits per heavy atom. The van der Waals surface area contributed by atoms with E-state index in [9.17, 15) is 29.7 Å². The summed E-state index contributed by atoms with van der Waals surface area (Å²) < 4.78 is 42.9. The smallest absolute Gasteiger partial charge is 0.202 e. The van der Waals surface area contributed by atoms with Crippen LogP contribution in [0.3, 0.4) is 0 Å². The Morgan fingerprint density at radius 2 is 1.48 bits per heavy atom. The average Bonchev–Trinajstić information content (AvgIpc) is 4.03. The van der Waals surface area contributed by atoms with Crippen LogP contribution in [0.15, 0.2) is 27.4 Å². The van der Waals surface area contributed by atoms with Gasteiger partial charge in [0.15, 0.2) is 28.3 Å². The van der Waals surface area contributed by atoms with Gasteiger partial charge in [-0.1, -0.05) is 0 Å². The number of aryl methyl sites for hydroxylation is 1. The first-order valence-electron chi connectivity index (χ1n) is 19.1. The highest BCUT2D eigenvalue weighted by atomic mass is 16.7. The van der Waals surface area contributed by atoms with Gasteiger partial charge < -0.3 is 58.0 Å². The van der Waals surface area contributed by atoms with Gasteiger partial charge in [0.05, 0.1) is 58.1 Å². The fraction of sp³-hybridized carbons (Fsp3) is 0.585. The van der Waals surface area contributed by atoms with Gasteiger partial charge in [-0.3, -0.25) is 14.4 Å². The molecule has 0 radical (unpaired) electrons. The van der Waals surface area contributed by atoms with Crippen molar-refractivity contribution < 1.29 is 57.7 Å². The van der Waals surface area contributed by atoms with E-state index in [1.807, 2.05) is 51.8 Å². The third kappa shape index (κ3) is 5.97. The number of ketones is 2. The minimum atomic E-state index is -1.01. The second-order valence-corrected chi connectivity index (χ2v) is 16.8. The molecule has 5 aliphatic rings. The molecular weight excluding hydrogens is 728 g/mol. The number of nitrogens with zero attached hydrogens (tertiary/aromatic N) is 2. The zero-order valence-corrected chi connectivity index (χ0v) is 33.2. The van der Waals surface area contributed by atoms with Crippen molar-refractivity contribution in [3.63, 3.8) is 0 Å². The van der Waals surface area contributed by atoms with Gasteiger partial charge in [0, 0.05) is 36.6 Å². The van der Waals surface area contributed by atoms with E-state index in [1.165, 1.54) is 18.2 Å². The van der Waals surface area contributed by atoms with Crippen LogP contribution in [-0.2, 0) is 24.5 Å². The maximum atomic E-state index is 14.9. The monoisotopic (exact) mass is 778 g/mol. The van der Waals surface area contributed by atoms with Crippen LogP contribution in [0.25, 0.3) is 11.0 Å². The molecule has 5 heterocycles. The first-order chi connectivity index (χ1) is 26.3. The normalized spacial score (nSPS) is 36.5. The number of aliphatic hydroxyl groups excluding tert-OH is 2. The Morgan fingerprint density at radius 3 is 2.12 bits per heavy atom. The minimum Gasteiger partial charge on any atom is -0.504 e. The lowest BCUT2D eigenvalue weighted by atomic mass is 9.80. The lowest BCUT2D eigenvalue weighted by molar-refractivity contribution is -0.226. The van der Waals surface area contributed by atoms with Crippen LogP contribution in [0.2, 0.25) is 0 Å². The Bertz CT molecular complexity index is 2200. The van der Waals surface area contributed by atoms with Crippen molar-refractivity contribution >= 4 is 22.5 Å². The number of aliphatic hydroxyl groups is 2. The first-order valence-corrected chi connectivity index (χ1v) is 19.1. The number of ether oxygens (including phenoxy) is 6. The number of carbonyl (C=O) groups is 2. The summed E-state index contributed by atoms with van der Waals surface area (Å²) in [6.07, 6.45) is -5.16. The summed E-state index contributed by atoms with van der Waals surface area (Å²) >= 11 is 0. The molecule has 15 heteroatoms. The Labute approximate surface area is 324 Å². The molecule has 3 aromatic rings. The minimum absolute atomic E-state index is 0.0134. The van der Waals surface area contributed by atoms with Gasteiger partial charge in [0.1, 0.15) is 29.3 Å². The molecule has 0 bridgehead atoms.